The van der Waals surface area contributed by atoms with Crippen LogP contribution in [0.25, 0.3) is 11.4 Å². The minimum Gasteiger partial charge on any atom is -0.317 e. The van der Waals surface area contributed by atoms with Crippen LogP contribution in [0.1, 0.15) is 43.2 Å². The van der Waals surface area contributed by atoms with E-state index in [0.717, 1.165) is 12.8 Å². The van der Waals surface area contributed by atoms with E-state index in [9.17, 15) is 4.79 Å². The highest BCUT2D eigenvalue weighted by Gasteiger charge is 2.16. The third-order valence-corrected chi connectivity index (χ3v) is 3.97. The van der Waals surface area contributed by atoms with Gasteiger partial charge in [0.05, 0.1) is 23.6 Å². The molecule has 0 aliphatic rings. The molecule has 0 spiro atoms. The third kappa shape index (κ3) is 3.19. The Kier molecular flexibility index (Phi) is 4.69. The van der Waals surface area contributed by atoms with Crippen LogP contribution in [0.2, 0.25) is 0 Å². The van der Waals surface area contributed by atoms with Gasteiger partial charge in [0.1, 0.15) is 5.69 Å². The molecule has 0 aliphatic carbocycles. The molecule has 24 heavy (non-hydrogen) atoms. The Hall–Kier alpha value is -2.96. The third-order valence-electron chi connectivity index (χ3n) is 3.97. The maximum absolute atomic E-state index is 12.5. The number of nitrogens with one attached hydrogen (secondary N) is 2. The predicted octanol–water partition coefficient (Wildman–Crippen LogP) is 3.28. The van der Waals surface area contributed by atoms with Crippen molar-refractivity contribution in [3.63, 3.8) is 0 Å². The van der Waals surface area contributed by atoms with Crippen LogP contribution in [0.3, 0.4) is 0 Å². The number of aromatic nitrogens is 5. The van der Waals surface area contributed by atoms with Crippen molar-refractivity contribution in [3.05, 3.63) is 48.5 Å². The van der Waals surface area contributed by atoms with E-state index in [1.807, 2.05) is 29.1 Å². The molecule has 2 N–H and O–H groups in total. The van der Waals surface area contributed by atoms with Crippen molar-refractivity contribution >= 4 is 11.6 Å². The zero-order valence-corrected chi connectivity index (χ0v) is 13.7. The second kappa shape index (κ2) is 7.08. The zero-order valence-electron chi connectivity index (χ0n) is 13.7. The lowest BCUT2D eigenvalue weighted by Crippen LogP contribution is -2.15. The Labute approximate surface area is 140 Å². The van der Waals surface area contributed by atoms with Crippen molar-refractivity contribution in [2.45, 2.75) is 32.7 Å². The second-order valence-corrected chi connectivity index (χ2v) is 5.48. The molecule has 0 atom stereocenters. The first-order valence-electron chi connectivity index (χ1n) is 8.04. The second-order valence-electron chi connectivity index (χ2n) is 5.48. The normalized spacial score (nSPS) is 11.0. The maximum Gasteiger partial charge on any atom is 0.276 e. The minimum atomic E-state index is -0.265. The van der Waals surface area contributed by atoms with Gasteiger partial charge in [0, 0.05) is 12.4 Å². The van der Waals surface area contributed by atoms with Gasteiger partial charge in [0.2, 0.25) is 0 Å². The first-order chi connectivity index (χ1) is 11.7. The Bertz CT molecular complexity index is 803. The predicted molar refractivity (Wildman–Crippen MR) is 91.6 cm³/mol. The van der Waals surface area contributed by atoms with Crippen LogP contribution in [0.15, 0.2) is 42.9 Å². The number of carbonyl (C=O) groups is 1. The monoisotopic (exact) mass is 324 g/mol. The Morgan fingerprint density at radius 1 is 1.29 bits per heavy atom. The Balaban J connectivity index is 1.78. The summed E-state index contributed by atoms with van der Waals surface area (Å²) in [6.07, 6.45) is 7.07. The highest BCUT2D eigenvalue weighted by atomic mass is 16.2. The lowest BCUT2D eigenvalue weighted by atomic mass is 10.2. The molecule has 3 aromatic rings. The first kappa shape index (κ1) is 15.9. The lowest BCUT2D eigenvalue weighted by molar-refractivity contribution is 0.102. The summed E-state index contributed by atoms with van der Waals surface area (Å²) in [5.41, 5.74) is 2.35. The van der Waals surface area contributed by atoms with E-state index in [0.29, 0.717) is 28.8 Å². The number of pyridine rings is 1. The zero-order chi connectivity index (χ0) is 16.9. The van der Waals surface area contributed by atoms with Gasteiger partial charge in [0.25, 0.3) is 5.91 Å². The standard InChI is InChI=1S/C17H20N6O/c1-3-12(4-2)23-10-8-14(22-23)17(24)20-15-11-19-21-16(15)13-7-5-6-9-18-13/h5-12H,3-4H2,1-2H3,(H,19,21)(H,20,24). The molecule has 1 amide bonds. The van der Waals surface area contributed by atoms with E-state index in [1.165, 1.54) is 0 Å². The minimum absolute atomic E-state index is 0.265. The van der Waals surface area contributed by atoms with Gasteiger partial charge < -0.3 is 5.32 Å². The molecule has 0 aliphatic heterocycles. The van der Waals surface area contributed by atoms with Crippen LogP contribution in [0.4, 0.5) is 5.69 Å². The van der Waals surface area contributed by atoms with Crippen LogP contribution in [-0.4, -0.2) is 30.9 Å². The number of aromatic amines is 1. The van der Waals surface area contributed by atoms with Gasteiger partial charge in [-0.25, -0.2) is 0 Å². The SMILES string of the molecule is CCC(CC)n1ccc(C(=O)Nc2cn[nH]c2-c2ccccn2)n1. The number of amides is 1. The summed E-state index contributed by atoms with van der Waals surface area (Å²) in [6, 6.07) is 7.61. The molecule has 0 bridgehead atoms. The molecule has 7 heteroatoms. The van der Waals surface area contributed by atoms with E-state index in [4.69, 9.17) is 0 Å². The van der Waals surface area contributed by atoms with Crippen molar-refractivity contribution in [2.24, 2.45) is 0 Å². The quantitative estimate of drug-likeness (QED) is 0.728. The number of hydrogen-bond donors (Lipinski definition) is 2. The fourth-order valence-corrected chi connectivity index (χ4v) is 2.60. The highest BCUT2D eigenvalue weighted by molar-refractivity contribution is 6.04. The van der Waals surface area contributed by atoms with E-state index >= 15 is 0 Å². The number of anilines is 1. The number of nitrogens with zero attached hydrogens (tertiary/aromatic N) is 4. The summed E-state index contributed by atoms with van der Waals surface area (Å²) in [5, 5.41) is 14.1. The summed E-state index contributed by atoms with van der Waals surface area (Å²) in [6.45, 7) is 4.22. The molecule has 0 fully saturated rings. The van der Waals surface area contributed by atoms with Crippen LogP contribution in [0, 0.1) is 0 Å². The molecular formula is C17H20N6O. The van der Waals surface area contributed by atoms with E-state index in [-0.39, 0.29) is 5.91 Å². The summed E-state index contributed by atoms with van der Waals surface area (Å²) < 4.78 is 1.85. The fourth-order valence-electron chi connectivity index (χ4n) is 2.60. The molecule has 0 aromatic carbocycles. The average Bonchev–Trinajstić information content (AvgIpc) is 3.26. The number of rotatable bonds is 6. The van der Waals surface area contributed by atoms with E-state index in [2.05, 4.69) is 39.4 Å². The molecule has 3 rings (SSSR count). The van der Waals surface area contributed by atoms with Crippen LogP contribution >= 0.6 is 0 Å². The average molecular weight is 324 g/mol. The molecule has 0 saturated heterocycles. The van der Waals surface area contributed by atoms with Crippen molar-refractivity contribution in [1.29, 1.82) is 0 Å². The number of H-pyrrole nitrogens is 1. The summed E-state index contributed by atoms with van der Waals surface area (Å²) in [5.74, 6) is -0.265. The molecule has 0 saturated carbocycles. The topological polar surface area (TPSA) is 88.5 Å². The molecule has 0 radical (unpaired) electrons. The van der Waals surface area contributed by atoms with E-state index < -0.39 is 0 Å². The van der Waals surface area contributed by atoms with Crippen molar-refractivity contribution in [2.75, 3.05) is 5.32 Å². The molecule has 124 valence electrons. The van der Waals surface area contributed by atoms with Gasteiger partial charge >= 0.3 is 0 Å². The van der Waals surface area contributed by atoms with Crippen LogP contribution in [-0.2, 0) is 0 Å². The largest absolute Gasteiger partial charge is 0.317 e. The molecule has 7 nitrogen and oxygen atoms in total. The van der Waals surface area contributed by atoms with Gasteiger partial charge in [-0.2, -0.15) is 10.2 Å². The lowest BCUT2D eigenvalue weighted by Gasteiger charge is -2.12. The summed E-state index contributed by atoms with van der Waals surface area (Å²) in [7, 11) is 0. The molecule has 3 aromatic heterocycles. The number of hydrogen-bond acceptors (Lipinski definition) is 4. The highest BCUT2D eigenvalue weighted by Crippen LogP contribution is 2.23. The van der Waals surface area contributed by atoms with Crippen LogP contribution in [0.5, 0.6) is 0 Å². The molecular weight excluding hydrogens is 304 g/mol. The van der Waals surface area contributed by atoms with Gasteiger partial charge in [-0.3, -0.25) is 19.6 Å². The smallest absolute Gasteiger partial charge is 0.276 e. The fraction of sp³-hybridized carbons (Fsp3) is 0.294. The van der Waals surface area contributed by atoms with Crippen molar-refractivity contribution < 1.29 is 4.79 Å². The Morgan fingerprint density at radius 2 is 2.12 bits per heavy atom. The molecule has 0 unspecified atom stereocenters. The first-order valence-corrected chi connectivity index (χ1v) is 8.04. The van der Waals surface area contributed by atoms with Crippen molar-refractivity contribution in [1.82, 2.24) is 25.0 Å². The van der Waals surface area contributed by atoms with E-state index in [1.54, 1.807) is 18.5 Å². The maximum atomic E-state index is 12.5. The van der Waals surface area contributed by atoms with Gasteiger partial charge in [0.15, 0.2) is 5.69 Å². The summed E-state index contributed by atoms with van der Waals surface area (Å²) >= 11 is 0. The van der Waals surface area contributed by atoms with Gasteiger partial charge in [-0.05, 0) is 31.0 Å². The summed E-state index contributed by atoms with van der Waals surface area (Å²) in [4.78, 5) is 16.7. The molecule has 3 heterocycles. The van der Waals surface area contributed by atoms with Gasteiger partial charge in [-0.15, -0.1) is 0 Å². The van der Waals surface area contributed by atoms with Crippen molar-refractivity contribution in [3.8, 4) is 11.4 Å². The van der Waals surface area contributed by atoms with Gasteiger partial charge in [-0.1, -0.05) is 19.9 Å². The number of carbonyl (C=O) groups excluding carboxylic acids is 1. The Morgan fingerprint density at radius 3 is 2.83 bits per heavy atom. The van der Waals surface area contributed by atoms with Crippen LogP contribution < -0.4 is 5.32 Å².